The summed E-state index contributed by atoms with van der Waals surface area (Å²) in [6, 6.07) is 1.43. The van der Waals surface area contributed by atoms with Gasteiger partial charge in [-0.3, -0.25) is 4.90 Å². The first-order chi connectivity index (χ1) is 8.47. The number of hydrogen-bond donors (Lipinski definition) is 1. The van der Waals surface area contributed by atoms with Crippen molar-refractivity contribution in [2.45, 2.75) is 52.1 Å². The molecule has 0 spiro atoms. The Kier molecular flexibility index (Phi) is 4.68. The highest BCUT2D eigenvalue weighted by Gasteiger charge is 2.31. The van der Waals surface area contributed by atoms with Crippen LogP contribution in [-0.2, 0) is 0 Å². The maximum Gasteiger partial charge on any atom is 0.0244 e. The molecule has 1 N–H and O–H groups in total. The molecule has 3 heteroatoms. The Bertz CT molecular complexity index is 259. The summed E-state index contributed by atoms with van der Waals surface area (Å²) in [6.07, 6.45) is 4.20. The van der Waals surface area contributed by atoms with Crippen LogP contribution in [0, 0.1) is 5.41 Å². The molecule has 106 valence electrons. The molecule has 2 heterocycles. The normalized spacial score (nSPS) is 32.7. The summed E-state index contributed by atoms with van der Waals surface area (Å²) in [7, 11) is 2.30. The van der Waals surface area contributed by atoms with Crippen molar-refractivity contribution in [1.82, 2.24) is 15.1 Å². The monoisotopic (exact) mass is 253 g/mol. The van der Waals surface area contributed by atoms with Gasteiger partial charge in [0.2, 0.25) is 0 Å². The quantitative estimate of drug-likeness (QED) is 0.809. The number of nitrogens with one attached hydrogen (secondary N) is 1. The van der Waals surface area contributed by atoms with Gasteiger partial charge in [-0.2, -0.15) is 0 Å². The van der Waals surface area contributed by atoms with Crippen LogP contribution in [0.2, 0.25) is 0 Å². The second-order valence-corrected chi connectivity index (χ2v) is 7.26. The minimum atomic E-state index is 0.372. The molecule has 0 aromatic carbocycles. The third-order valence-electron chi connectivity index (χ3n) is 4.70. The average molecular weight is 253 g/mol. The lowest BCUT2D eigenvalue weighted by atomic mass is 9.85. The second kappa shape index (κ2) is 5.89. The van der Waals surface area contributed by atoms with Gasteiger partial charge in [0.1, 0.15) is 0 Å². The van der Waals surface area contributed by atoms with E-state index in [4.69, 9.17) is 0 Å². The standard InChI is InChI=1S/C15H31N3/c1-15(2,3)14-12-18(10-8-16-14)11-13-7-5-6-9-17(13)4/h13-14,16H,5-12H2,1-4H3. The summed E-state index contributed by atoms with van der Waals surface area (Å²) in [5.74, 6) is 0. The van der Waals surface area contributed by atoms with E-state index in [0.29, 0.717) is 11.5 Å². The lowest BCUT2D eigenvalue weighted by Crippen LogP contribution is -2.58. The Morgan fingerprint density at radius 1 is 1.17 bits per heavy atom. The fourth-order valence-corrected chi connectivity index (χ4v) is 3.23. The lowest BCUT2D eigenvalue weighted by molar-refractivity contribution is 0.0856. The van der Waals surface area contributed by atoms with Crippen molar-refractivity contribution < 1.29 is 0 Å². The molecule has 0 aliphatic carbocycles. The van der Waals surface area contributed by atoms with Crippen molar-refractivity contribution in [2.75, 3.05) is 39.8 Å². The topological polar surface area (TPSA) is 18.5 Å². The van der Waals surface area contributed by atoms with Gasteiger partial charge >= 0.3 is 0 Å². The molecule has 2 saturated heterocycles. The van der Waals surface area contributed by atoms with Crippen LogP contribution in [0.25, 0.3) is 0 Å². The SMILES string of the molecule is CN1CCCCC1CN1CCNC(C(C)(C)C)C1. The molecule has 0 saturated carbocycles. The summed E-state index contributed by atoms with van der Waals surface area (Å²) < 4.78 is 0. The van der Waals surface area contributed by atoms with E-state index in [1.54, 1.807) is 0 Å². The molecule has 2 rings (SSSR count). The molecule has 2 aliphatic heterocycles. The Balaban J connectivity index is 1.85. The molecule has 0 radical (unpaired) electrons. The molecule has 2 fully saturated rings. The number of piperazine rings is 1. The zero-order valence-corrected chi connectivity index (χ0v) is 12.7. The summed E-state index contributed by atoms with van der Waals surface area (Å²) in [6.45, 7) is 13.2. The molecule has 18 heavy (non-hydrogen) atoms. The van der Waals surface area contributed by atoms with Gasteiger partial charge in [0.05, 0.1) is 0 Å². The van der Waals surface area contributed by atoms with E-state index in [1.807, 2.05) is 0 Å². The fraction of sp³-hybridized carbons (Fsp3) is 1.00. The molecule has 2 atom stereocenters. The van der Waals surface area contributed by atoms with Crippen LogP contribution in [0.5, 0.6) is 0 Å². The summed E-state index contributed by atoms with van der Waals surface area (Å²) in [5.41, 5.74) is 0.372. The third-order valence-corrected chi connectivity index (χ3v) is 4.70. The van der Waals surface area contributed by atoms with Crippen molar-refractivity contribution in [3.05, 3.63) is 0 Å². The number of rotatable bonds is 2. The Morgan fingerprint density at radius 2 is 1.94 bits per heavy atom. The molecule has 0 aromatic heterocycles. The lowest BCUT2D eigenvalue weighted by Gasteiger charge is -2.43. The molecule has 2 aliphatic rings. The molecule has 0 bridgehead atoms. The number of hydrogen-bond acceptors (Lipinski definition) is 3. The summed E-state index contributed by atoms with van der Waals surface area (Å²) in [4.78, 5) is 5.25. The van der Waals surface area contributed by atoms with Crippen molar-refractivity contribution in [2.24, 2.45) is 5.41 Å². The number of piperidine rings is 1. The van der Waals surface area contributed by atoms with Crippen LogP contribution in [0.4, 0.5) is 0 Å². The second-order valence-electron chi connectivity index (χ2n) is 7.26. The average Bonchev–Trinajstić information content (AvgIpc) is 2.31. The molecule has 3 nitrogen and oxygen atoms in total. The van der Waals surface area contributed by atoms with E-state index < -0.39 is 0 Å². The van der Waals surface area contributed by atoms with Crippen molar-refractivity contribution >= 4 is 0 Å². The Morgan fingerprint density at radius 3 is 2.61 bits per heavy atom. The molecule has 0 aromatic rings. The molecular formula is C15H31N3. The highest BCUT2D eigenvalue weighted by molar-refractivity contribution is 4.89. The van der Waals surface area contributed by atoms with Crippen LogP contribution in [-0.4, -0.2) is 61.7 Å². The van der Waals surface area contributed by atoms with Gasteiger partial charge in [-0.25, -0.2) is 0 Å². The molecule has 2 unspecified atom stereocenters. The third kappa shape index (κ3) is 3.69. The largest absolute Gasteiger partial charge is 0.311 e. The predicted octanol–water partition coefficient (Wildman–Crippen LogP) is 1.79. The first-order valence-electron chi connectivity index (χ1n) is 7.63. The first kappa shape index (κ1) is 14.3. The van der Waals surface area contributed by atoms with Gasteiger partial charge in [-0.1, -0.05) is 27.2 Å². The Hall–Kier alpha value is -0.120. The van der Waals surface area contributed by atoms with Crippen molar-refractivity contribution in [3.8, 4) is 0 Å². The fourth-order valence-electron chi connectivity index (χ4n) is 3.23. The first-order valence-corrected chi connectivity index (χ1v) is 7.63. The van der Waals surface area contributed by atoms with Crippen LogP contribution in [0.1, 0.15) is 40.0 Å². The number of likely N-dealkylation sites (N-methyl/N-ethyl adjacent to an activating group) is 1. The van der Waals surface area contributed by atoms with Crippen LogP contribution < -0.4 is 5.32 Å². The predicted molar refractivity (Wildman–Crippen MR) is 78.0 cm³/mol. The van der Waals surface area contributed by atoms with Crippen LogP contribution >= 0.6 is 0 Å². The smallest absolute Gasteiger partial charge is 0.0244 e. The van der Waals surface area contributed by atoms with Crippen molar-refractivity contribution in [3.63, 3.8) is 0 Å². The highest BCUT2D eigenvalue weighted by atomic mass is 15.2. The number of likely N-dealkylation sites (tertiary alicyclic amines) is 1. The van der Waals surface area contributed by atoms with E-state index in [1.165, 1.54) is 45.4 Å². The van der Waals surface area contributed by atoms with Gasteiger partial charge in [0.25, 0.3) is 0 Å². The van der Waals surface area contributed by atoms with E-state index in [2.05, 4.69) is 42.9 Å². The maximum atomic E-state index is 3.68. The van der Waals surface area contributed by atoms with E-state index in [-0.39, 0.29) is 0 Å². The van der Waals surface area contributed by atoms with Gasteiger partial charge < -0.3 is 10.2 Å². The van der Waals surface area contributed by atoms with Crippen molar-refractivity contribution in [1.29, 1.82) is 0 Å². The van der Waals surface area contributed by atoms with E-state index in [9.17, 15) is 0 Å². The maximum absolute atomic E-state index is 3.68. The molecule has 0 amide bonds. The van der Waals surface area contributed by atoms with Gasteiger partial charge in [0, 0.05) is 38.3 Å². The molecular weight excluding hydrogens is 222 g/mol. The zero-order chi connectivity index (χ0) is 13.2. The van der Waals surface area contributed by atoms with Gasteiger partial charge in [-0.05, 0) is 31.8 Å². The van der Waals surface area contributed by atoms with E-state index >= 15 is 0 Å². The van der Waals surface area contributed by atoms with E-state index in [0.717, 1.165) is 12.6 Å². The van der Waals surface area contributed by atoms with Gasteiger partial charge in [0.15, 0.2) is 0 Å². The van der Waals surface area contributed by atoms with Gasteiger partial charge in [-0.15, -0.1) is 0 Å². The minimum Gasteiger partial charge on any atom is -0.311 e. The Labute approximate surface area is 113 Å². The minimum absolute atomic E-state index is 0.372. The highest BCUT2D eigenvalue weighted by Crippen LogP contribution is 2.23. The summed E-state index contributed by atoms with van der Waals surface area (Å²) in [5, 5.41) is 3.68. The van der Waals surface area contributed by atoms with Crippen LogP contribution in [0.3, 0.4) is 0 Å². The number of nitrogens with zero attached hydrogens (tertiary/aromatic N) is 2. The summed E-state index contributed by atoms with van der Waals surface area (Å²) >= 11 is 0. The van der Waals surface area contributed by atoms with Crippen LogP contribution in [0.15, 0.2) is 0 Å². The zero-order valence-electron chi connectivity index (χ0n) is 12.7.